The lowest BCUT2D eigenvalue weighted by Crippen LogP contribution is -2.66. The number of aliphatic hydroxyl groups is 12. The largest absolute Gasteiger partial charge is 0.469 e. The first kappa shape index (κ1) is 39.5. The van der Waals surface area contributed by atoms with Crippen molar-refractivity contribution in [2.75, 3.05) is 20.3 Å². The Balaban J connectivity index is 1.39. The van der Waals surface area contributed by atoms with E-state index in [0.29, 0.717) is 12.8 Å². The minimum Gasteiger partial charge on any atom is -0.469 e. The molecule has 3 heterocycles. The highest BCUT2D eigenvalue weighted by Gasteiger charge is 2.56. The maximum absolute atomic E-state index is 12.3. The first-order valence-electron chi connectivity index (χ1n) is 17.0. The molecule has 19 heteroatoms. The van der Waals surface area contributed by atoms with Crippen molar-refractivity contribution in [1.29, 1.82) is 0 Å². The van der Waals surface area contributed by atoms with Crippen molar-refractivity contribution >= 4 is 11.9 Å². The van der Waals surface area contributed by atoms with Gasteiger partial charge in [-0.05, 0) is 25.7 Å². The molecule has 3 aliphatic heterocycles. The van der Waals surface area contributed by atoms with E-state index in [0.717, 1.165) is 7.11 Å². The zero-order valence-electron chi connectivity index (χ0n) is 27.5. The molecule has 0 aromatic rings. The molecule has 0 aromatic heterocycles. The summed E-state index contributed by atoms with van der Waals surface area (Å²) >= 11 is 0. The van der Waals surface area contributed by atoms with E-state index >= 15 is 0 Å². The van der Waals surface area contributed by atoms with Crippen LogP contribution in [0.3, 0.4) is 0 Å². The van der Waals surface area contributed by atoms with Gasteiger partial charge in [0.15, 0.2) is 24.8 Å². The normalized spacial score (nSPS) is 48.3. The number of ether oxygens (including phenoxy) is 7. The Labute approximate surface area is 287 Å². The van der Waals surface area contributed by atoms with E-state index in [4.69, 9.17) is 28.4 Å². The fourth-order valence-corrected chi connectivity index (χ4v) is 7.74. The predicted octanol–water partition coefficient (Wildman–Crippen LogP) is -5.57. The molecule has 19 atom stereocenters. The summed E-state index contributed by atoms with van der Waals surface area (Å²) in [4.78, 5) is 23.8. The number of esters is 2. The number of fused-ring (bicyclic) bond motifs is 1. The summed E-state index contributed by atoms with van der Waals surface area (Å²) in [6.45, 7) is -1.46. The van der Waals surface area contributed by atoms with E-state index in [1.54, 1.807) is 0 Å². The summed E-state index contributed by atoms with van der Waals surface area (Å²) in [6, 6.07) is 0. The van der Waals surface area contributed by atoms with Gasteiger partial charge in [0.1, 0.15) is 68.0 Å². The van der Waals surface area contributed by atoms with E-state index in [9.17, 15) is 60.7 Å². The monoisotopic (exact) mass is 727 g/mol. The highest BCUT2D eigenvalue weighted by atomic mass is 16.7. The van der Waals surface area contributed by atoms with Crippen LogP contribution in [-0.2, 0) is 38.0 Å². The van der Waals surface area contributed by atoms with Gasteiger partial charge in [-0.3, -0.25) is 9.59 Å². The van der Waals surface area contributed by atoms with Gasteiger partial charge in [-0.25, -0.2) is 0 Å². The molecule has 0 spiro atoms. The standard InChI is InChI=1S/C31H50O19/c1-44-21(37)8-22(38)45-10-20-24(40)29(50-30-26(42)25(41)23(39)19(9-32)48-30)27(43)31(49-20)47-18-7-13-15(35)5-12(33)6-17(13)46-28(18)11-2-3-14(34)16(36)4-11/h11-20,23-36,39-43H,2-10H2,1H3/p+1/t11?,12?,13?,14?,15?,16?,17?,18?,19-,20-,23-,24-,25+,26-,27-,28?,29+,30+,31-/m1/s1. The van der Waals surface area contributed by atoms with Crippen LogP contribution < -0.4 is 0 Å². The van der Waals surface area contributed by atoms with E-state index in [1.165, 1.54) is 0 Å². The molecule has 3 saturated heterocycles. The quantitative estimate of drug-likeness (QED) is 0.0570. The average molecular weight is 728 g/mol. The van der Waals surface area contributed by atoms with Gasteiger partial charge in [0.05, 0.1) is 44.1 Å². The highest BCUT2D eigenvalue weighted by Crippen LogP contribution is 2.42. The van der Waals surface area contributed by atoms with E-state index in [-0.39, 0.29) is 31.6 Å². The molecule has 288 valence electrons. The van der Waals surface area contributed by atoms with Gasteiger partial charge in [-0.2, -0.15) is 0 Å². The zero-order chi connectivity index (χ0) is 36.4. The Kier molecular flexibility index (Phi) is 13.4. The minimum atomic E-state index is -1.90. The third kappa shape index (κ3) is 8.75. The van der Waals surface area contributed by atoms with Gasteiger partial charge < -0.3 is 84.2 Å². The number of methoxy groups -OCH3 is 1. The summed E-state index contributed by atoms with van der Waals surface area (Å²) in [5.41, 5.74) is 0. The van der Waals surface area contributed by atoms with Crippen LogP contribution in [0.25, 0.3) is 0 Å². The van der Waals surface area contributed by atoms with Crippen LogP contribution in [0.15, 0.2) is 0 Å². The van der Waals surface area contributed by atoms with Crippen molar-refractivity contribution < 1.29 is 93.8 Å². The maximum Gasteiger partial charge on any atom is 0.317 e. The SMILES string of the molecule is COC(=O)CC(=O)OC[C@H]1O[C@@H](OC2CC3C(O)CC(O)CC3[OH+]C2C2CCC(O)C(O)C2)[C@H](O)[C@@H](O[C@@H]2O[C@H](CO)[C@@H](O)[C@H](O)[C@H]2O)[C@@H]1O. The van der Waals surface area contributed by atoms with Crippen LogP contribution in [0.1, 0.15) is 44.9 Å². The first-order chi connectivity index (χ1) is 23.7. The van der Waals surface area contributed by atoms with Crippen LogP contribution in [0.4, 0.5) is 0 Å². The van der Waals surface area contributed by atoms with Gasteiger partial charge >= 0.3 is 11.9 Å². The summed E-state index contributed by atoms with van der Waals surface area (Å²) < 4.78 is 38.0. The highest BCUT2D eigenvalue weighted by molar-refractivity contribution is 5.91. The predicted molar refractivity (Wildman–Crippen MR) is 160 cm³/mol. The Morgan fingerprint density at radius 1 is 0.720 bits per heavy atom. The van der Waals surface area contributed by atoms with Crippen LogP contribution in [0, 0.1) is 11.8 Å². The minimum absolute atomic E-state index is 0.116. The molecule has 5 aliphatic rings. The van der Waals surface area contributed by atoms with E-state index in [2.05, 4.69) is 4.74 Å². The van der Waals surface area contributed by atoms with Crippen molar-refractivity contribution in [3.8, 4) is 0 Å². The molecular weight excluding hydrogens is 676 g/mol. The van der Waals surface area contributed by atoms with Gasteiger partial charge in [-0.1, -0.05) is 0 Å². The number of hydrogen-bond acceptors (Lipinski definition) is 18. The Hall–Kier alpha value is -1.66. The zero-order valence-corrected chi connectivity index (χ0v) is 27.5. The Bertz CT molecular complexity index is 1130. The summed E-state index contributed by atoms with van der Waals surface area (Å²) in [5, 5.41) is 105. The number of carbonyl (C=O) groups excluding carboxylic acids is 2. The molecule has 0 radical (unpaired) electrons. The molecule has 50 heavy (non-hydrogen) atoms. The molecule has 2 saturated carbocycles. The Morgan fingerprint density at radius 2 is 1.42 bits per heavy atom. The molecule has 5 fully saturated rings. The number of rotatable bonds is 10. The smallest absolute Gasteiger partial charge is 0.317 e. The molecule has 0 amide bonds. The van der Waals surface area contributed by atoms with Gasteiger partial charge in [-0.15, -0.1) is 0 Å². The Morgan fingerprint density at radius 3 is 2.10 bits per heavy atom. The molecule has 9 unspecified atom stereocenters. The van der Waals surface area contributed by atoms with Crippen LogP contribution in [0.2, 0.25) is 0 Å². The lowest BCUT2D eigenvalue weighted by molar-refractivity contribution is -0.379. The fourth-order valence-electron chi connectivity index (χ4n) is 7.74. The maximum atomic E-state index is 12.3. The molecule has 2 aliphatic carbocycles. The first-order valence-corrected chi connectivity index (χ1v) is 17.0. The average Bonchev–Trinajstić information content (AvgIpc) is 3.08. The third-order valence-corrected chi connectivity index (χ3v) is 10.6. The number of carbonyl (C=O) groups is 2. The lowest BCUT2D eigenvalue weighted by Gasteiger charge is -2.49. The third-order valence-electron chi connectivity index (χ3n) is 10.6. The lowest BCUT2D eigenvalue weighted by atomic mass is 9.72. The van der Waals surface area contributed by atoms with Crippen molar-refractivity contribution in [2.45, 2.75) is 149 Å². The van der Waals surface area contributed by atoms with Crippen LogP contribution in [0.5, 0.6) is 0 Å². The van der Waals surface area contributed by atoms with E-state index < -0.39 is 142 Å². The molecule has 5 rings (SSSR count). The topological polar surface area (TPSA) is 305 Å². The number of aliphatic hydroxyl groups excluding tert-OH is 10. The van der Waals surface area contributed by atoms with Gasteiger partial charge in [0.25, 0.3) is 0 Å². The molecule has 19 nitrogen and oxygen atoms in total. The summed E-state index contributed by atoms with van der Waals surface area (Å²) in [6.07, 6.45) is -22.0. The molecular formula is C31H51O19+. The molecule has 0 bridgehead atoms. The molecule has 0 aromatic carbocycles. The second kappa shape index (κ2) is 17.0. The summed E-state index contributed by atoms with van der Waals surface area (Å²) in [7, 11) is 1.07. The van der Waals surface area contributed by atoms with Crippen LogP contribution >= 0.6 is 0 Å². The van der Waals surface area contributed by atoms with Crippen molar-refractivity contribution in [2.24, 2.45) is 11.8 Å². The van der Waals surface area contributed by atoms with Crippen LogP contribution in [-0.4, -0.2) is 192 Å². The van der Waals surface area contributed by atoms with Gasteiger partial charge in [0.2, 0.25) is 0 Å². The van der Waals surface area contributed by atoms with Crippen molar-refractivity contribution in [3.63, 3.8) is 0 Å². The van der Waals surface area contributed by atoms with Crippen molar-refractivity contribution in [3.05, 3.63) is 0 Å². The molecule has 11 N–H and O–H groups in total. The van der Waals surface area contributed by atoms with E-state index in [1.807, 2.05) is 0 Å². The summed E-state index contributed by atoms with van der Waals surface area (Å²) in [5.74, 6) is -2.66. The number of hydrogen-bond donors (Lipinski definition) is 10. The van der Waals surface area contributed by atoms with Gasteiger partial charge in [0, 0.05) is 18.8 Å². The second-order valence-corrected chi connectivity index (χ2v) is 13.9. The van der Waals surface area contributed by atoms with Crippen molar-refractivity contribution in [1.82, 2.24) is 0 Å². The fraction of sp³-hybridized carbons (Fsp3) is 0.935. The second-order valence-electron chi connectivity index (χ2n) is 13.9.